The Labute approximate surface area is 77.8 Å². The highest BCUT2D eigenvalue weighted by atomic mass is 31.1. The normalized spacial score (nSPS) is 12.8. The Balaban J connectivity index is 3.00. The number of hydrogen-bond acceptors (Lipinski definition) is 4. The Kier molecular flexibility index (Phi) is 8.66. The predicted octanol–water partition coefficient (Wildman–Crippen LogP) is 1.49. The lowest BCUT2D eigenvalue weighted by atomic mass is 10.2. The highest BCUT2D eigenvalue weighted by Gasteiger charge is 2.12. The summed E-state index contributed by atoms with van der Waals surface area (Å²) in [5, 5.41) is 0. The lowest BCUT2D eigenvalue weighted by Gasteiger charge is -1.92. The van der Waals surface area contributed by atoms with Gasteiger partial charge < -0.3 is 0 Å². The molecule has 2 N–H and O–H groups in total. The summed E-state index contributed by atoms with van der Waals surface area (Å²) in [7, 11) is -5.01. The van der Waals surface area contributed by atoms with Crippen molar-refractivity contribution in [3.63, 3.8) is 0 Å². The topological polar surface area (TPSA) is 93.1 Å². The van der Waals surface area contributed by atoms with Gasteiger partial charge in [0.15, 0.2) is 0 Å². The molecule has 8 heteroatoms. The van der Waals surface area contributed by atoms with Crippen LogP contribution in [0.3, 0.4) is 0 Å². The van der Waals surface area contributed by atoms with Crippen molar-refractivity contribution in [3.8, 4) is 0 Å². The quantitative estimate of drug-likeness (QED) is 0.484. The fourth-order valence-corrected chi connectivity index (χ4v) is 1.24. The van der Waals surface area contributed by atoms with Crippen LogP contribution in [0.2, 0.25) is 0 Å². The number of rotatable bonds is 8. The summed E-state index contributed by atoms with van der Waals surface area (Å²) < 4.78 is 28.8. The van der Waals surface area contributed by atoms with Crippen molar-refractivity contribution < 1.29 is 28.0 Å². The molecule has 0 spiro atoms. The Morgan fingerprint density at radius 2 is 1.23 bits per heavy atom. The third-order valence-electron chi connectivity index (χ3n) is 1.19. The first-order valence-corrected chi connectivity index (χ1v) is 5.97. The Morgan fingerprint density at radius 3 is 1.54 bits per heavy atom. The van der Waals surface area contributed by atoms with Gasteiger partial charge in [0, 0.05) is 9.13 Å². The minimum absolute atomic E-state index is 0.219. The Bertz CT molecular complexity index is 154. The van der Waals surface area contributed by atoms with Gasteiger partial charge in [-0.1, -0.05) is 0 Å². The molecule has 0 aliphatic rings. The summed E-state index contributed by atoms with van der Waals surface area (Å²) in [6.07, 6.45) is 1.99. The maximum Gasteiger partial charge on any atom is 0.694 e. The summed E-state index contributed by atoms with van der Waals surface area (Å²) >= 11 is 0. The van der Waals surface area contributed by atoms with Crippen LogP contribution in [0.25, 0.3) is 0 Å². The first kappa shape index (κ1) is 13.0. The minimum atomic E-state index is -2.50. The van der Waals surface area contributed by atoms with Gasteiger partial charge in [-0.05, 0) is 19.3 Å². The summed E-state index contributed by atoms with van der Waals surface area (Å²) in [5.74, 6) is 0. The molecular weight excluding hydrogens is 218 g/mol. The predicted molar refractivity (Wildman–Crippen MR) is 45.4 cm³/mol. The van der Waals surface area contributed by atoms with E-state index >= 15 is 0 Å². The van der Waals surface area contributed by atoms with Gasteiger partial charge in [-0.3, -0.25) is 0 Å². The SMILES string of the molecule is O=[P+](O)OCCCCCO[P+](=O)O. The molecule has 2 unspecified atom stereocenters. The second kappa shape index (κ2) is 8.63. The van der Waals surface area contributed by atoms with Gasteiger partial charge in [-0.25, -0.2) is 0 Å². The molecule has 0 rings (SSSR count). The molecule has 0 radical (unpaired) electrons. The van der Waals surface area contributed by atoms with Crippen LogP contribution in [0.1, 0.15) is 19.3 Å². The van der Waals surface area contributed by atoms with E-state index in [4.69, 9.17) is 9.79 Å². The van der Waals surface area contributed by atoms with E-state index in [1.165, 1.54) is 0 Å². The van der Waals surface area contributed by atoms with Gasteiger partial charge in [-0.2, -0.15) is 0 Å². The van der Waals surface area contributed by atoms with Crippen LogP contribution in [0.4, 0.5) is 0 Å². The molecule has 76 valence electrons. The van der Waals surface area contributed by atoms with E-state index in [0.717, 1.165) is 6.42 Å². The molecule has 0 heterocycles. The highest BCUT2D eigenvalue weighted by Crippen LogP contribution is 2.16. The van der Waals surface area contributed by atoms with Crippen LogP contribution >= 0.6 is 16.5 Å². The van der Waals surface area contributed by atoms with E-state index in [1.807, 2.05) is 0 Å². The number of hydrogen-bond donors (Lipinski definition) is 2. The minimum Gasteiger partial charge on any atom is -0.133 e. The van der Waals surface area contributed by atoms with Gasteiger partial charge in [-0.15, -0.1) is 18.8 Å². The molecule has 0 aromatic rings. The van der Waals surface area contributed by atoms with E-state index in [1.54, 1.807) is 0 Å². The van der Waals surface area contributed by atoms with Gasteiger partial charge in [0.05, 0.1) is 0 Å². The van der Waals surface area contributed by atoms with Crippen molar-refractivity contribution >= 4 is 16.5 Å². The summed E-state index contributed by atoms with van der Waals surface area (Å²) in [6, 6.07) is 0. The second-order valence-corrected chi connectivity index (χ2v) is 3.67. The zero-order chi connectivity index (χ0) is 10.1. The smallest absolute Gasteiger partial charge is 0.133 e. The van der Waals surface area contributed by atoms with Crippen LogP contribution in [-0.4, -0.2) is 23.0 Å². The molecule has 2 atom stereocenters. The Hall–Kier alpha value is 0.0400. The van der Waals surface area contributed by atoms with Crippen molar-refractivity contribution in [2.24, 2.45) is 0 Å². The molecule has 0 bridgehead atoms. The van der Waals surface area contributed by atoms with E-state index in [0.29, 0.717) is 12.8 Å². The molecule has 0 aliphatic heterocycles. The second-order valence-electron chi connectivity index (χ2n) is 2.20. The Morgan fingerprint density at radius 1 is 0.846 bits per heavy atom. The number of unbranched alkanes of at least 4 members (excludes halogenated alkanes) is 2. The van der Waals surface area contributed by atoms with Crippen molar-refractivity contribution in [1.82, 2.24) is 0 Å². The van der Waals surface area contributed by atoms with Gasteiger partial charge in [0.1, 0.15) is 13.2 Å². The largest absolute Gasteiger partial charge is 0.694 e. The van der Waals surface area contributed by atoms with Gasteiger partial charge in [0.25, 0.3) is 0 Å². The van der Waals surface area contributed by atoms with Crippen LogP contribution in [-0.2, 0) is 18.2 Å². The molecule has 0 aromatic heterocycles. The maximum absolute atomic E-state index is 10.0. The zero-order valence-corrected chi connectivity index (χ0v) is 8.75. The van der Waals surface area contributed by atoms with Crippen LogP contribution in [0.15, 0.2) is 0 Å². The molecule has 0 fully saturated rings. The lowest BCUT2D eigenvalue weighted by Crippen LogP contribution is -1.90. The first-order valence-electron chi connectivity index (χ1n) is 3.71. The van der Waals surface area contributed by atoms with E-state index in [9.17, 15) is 9.13 Å². The fourth-order valence-electron chi connectivity index (χ4n) is 0.666. The summed E-state index contributed by atoms with van der Waals surface area (Å²) in [5.41, 5.74) is 0. The zero-order valence-electron chi connectivity index (χ0n) is 6.96. The molecule has 0 saturated heterocycles. The fraction of sp³-hybridized carbons (Fsp3) is 1.00. The van der Waals surface area contributed by atoms with Gasteiger partial charge >= 0.3 is 16.5 Å². The molecule has 0 aliphatic carbocycles. The molecular formula is C5H12O6P2+2. The van der Waals surface area contributed by atoms with Crippen LogP contribution in [0, 0.1) is 0 Å². The molecule has 0 aromatic carbocycles. The summed E-state index contributed by atoms with van der Waals surface area (Å²) in [6.45, 7) is 0.438. The van der Waals surface area contributed by atoms with E-state index < -0.39 is 16.5 Å². The van der Waals surface area contributed by atoms with Gasteiger partial charge in [0.2, 0.25) is 0 Å². The standard InChI is InChI=1S/C5H10O6P2/c6-12(7)10-4-2-1-3-5-11-13(8)9/h1-5H2/p+2. The molecule has 13 heavy (non-hydrogen) atoms. The lowest BCUT2D eigenvalue weighted by molar-refractivity contribution is 0.255. The van der Waals surface area contributed by atoms with Crippen molar-refractivity contribution in [1.29, 1.82) is 0 Å². The monoisotopic (exact) mass is 230 g/mol. The average Bonchev–Trinajstić information content (AvgIpc) is 2.01. The first-order chi connectivity index (χ1) is 6.13. The maximum atomic E-state index is 10.0. The van der Waals surface area contributed by atoms with Crippen molar-refractivity contribution in [3.05, 3.63) is 0 Å². The third-order valence-corrected chi connectivity index (χ3v) is 2.00. The average molecular weight is 230 g/mol. The summed E-state index contributed by atoms with van der Waals surface area (Å²) in [4.78, 5) is 16.4. The van der Waals surface area contributed by atoms with E-state index in [2.05, 4.69) is 9.05 Å². The van der Waals surface area contributed by atoms with E-state index in [-0.39, 0.29) is 13.2 Å². The molecule has 0 saturated carbocycles. The van der Waals surface area contributed by atoms with Crippen LogP contribution < -0.4 is 0 Å². The molecule has 6 nitrogen and oxygen atoms in total. The van der Waals surface area contributed by atoms with Crippen molar-refractivity contribution in [2.75, 3.05) is 13.2 Å². The van der Waals surface area contributed by atoms with Crippen molar-refractivity contribution in [2.45, 2.75) is 19.3 Å². The van der Waals surface area contributed by atoms with Crippen LogP contribution in [0.5, 0.6) is 0 Å². The third kappa shape index (κ3) is 12.0. The highest BCUT2D eigenvalue weighted by molar-refractivity contribution is 7.32. The molecule has 0 amide bonds.